The highest BCUT2D eigenvalue weighted by molar-refractivity contribution is 8.14. The van der Waals surface area contributed by atoms with Crippen LogP contribution >= 0.6 is 23.5 Å². The lowest BCUT2D eigenvalue weighted by Gasteiger charge is -2.31. The van der Waals surface area contributed by atoms with E-state index in [1.165, 1.54) is 43.7 Å². The first-order valence-corrected chi connectivity index (χ1v) is 9.04. The third-order valence-corrected chi connectivity index (χ3v) is 6.62. The monoisotopic (exact) mass is 270 g/mol. The normalized spacial score (nSPS) is 37.9. The Morgan fingerprint density at radius 2 is 2.06 bits per heavy atom. The van der Waals surface area contributed by atoms with Crippen molar-refractivity contribution in [2.24, 2.45) is 10.9 Å². The standard InChI is InChI=1S/C13H22N2S2/c1-16-11-5-3-2-4-10(11)15-13-14-8-12(17-13)9-6-7-9/h9-12H,2-8H2,1H3,(H,14,15). The molecule has 0 radical (unpaired) electrons. The highest BCUT2D eigenvalue weighted by atomic mass is 32.2. The number of amidine groups is 1. The quantitative estimate of drug-likeness (QED) is 0.852. The summed E-state index contributed by atoms with van der Waals surface area (Å²) in [5.41, 5.74) is 0. The number of hydrogen-bond acceptors (Lipinski definition) is 4. The Morgan fingerprint density at radius 3 is 2.82 bits per heavy atom. The van der Waals surface area contributed by atoms with E-state index in [0.29, 0.717) is 6.04 Å². The van der Waals surface area contributed by atoms with Crippen LogP contribution in [0.4, 0.5) is 0 Å². The SMILES string of the molecule is CSC1CCCCC1NC1=NCC(C2CC2)S1. The average molecular weight is 270 g/mol. The zero-order valence-electron chi connectivity index (χ0n) is 10.5. The van der Waals surface area contributed by atoms with Crippen molar-refractivity contribution < 1.29 is 0 Å². The van der Waals surface area contributed by atoms with Gasteiger partial charge in [0.15, 0.2) is 5.17 Å². The first kappa shape index (κ1) is 12.2. The number of nitrogens with zero attached hydrogens (tertiary/aromatic N) is 1. The molecule has 96 valence electrons. The van der Waals surface area contributed by atoms with Gasteiger partial charge in [0, 0.05) is 16.5 Å². The lowest BCUT2D eigenvalue weighted by atomic mass is 9.95. The van der Waals surface area contributed by atoms with Gasteiger partial charge >= 0.3 is 0 Å². The molecule has 0 amide bonds. The number of thioether (sulfide) groups is 2. The number of hydrogen-bond donors (Lipinski definition) is 1. The molecule has 3 rings (SSSR count). The predicted octanol–water partition coefficient (Wildman–Crippen LogP) is 3.13. The van der Waals surface area contributed by atoms with E-state index in [0.717, 1.165) is 23.0 Å². The number of aliphatic imine (C=N–C) groups is 1. The van der Waals surface area contributed by atoms with Crippen molar-refractivity contribution in [1.29, 1.82) is 0 Å². The van der Waals surface area contributed by atoms with E-state index in [1.54, 1.807) is 0 Å². The second-order valence-electron chi connectivity index (χ2n) is 5.45. The molecule has 0 aromatic carbocycles. The second-order valence-corrected chi connectivity index (χ2v) is 7.75. The van der Waals surface area contributed by atoms with Crippen molar-refractivity contribution in [3.63, 3.8) is 0 Å². The average Bonchev–Trinajstić information content (AvgIpc) is 3.11. The van der Waals surface area contributed by atoms with E-state index in [4.69, 9.17) is 4.99 Å². The Morgan fingerprint density at radius 1 is 1.24 bits per heavy atom. The van der Waals surface area contributed by atoms with E-state index in [9.17, 15) is 0 Å². The minimum atomic E-state index is 0.669. The minimum absolute atomic E-state index is 0.669. The molecular weight excluding hydrogens is 248 g/mol. The molecule has 1 N–H and O–H groups in total. The van der Waals surface area contributed by atoms with Gasteiger partial charge in [-0.3, -0.25) is 4.99 Å². The van der Waals surface area contributed by atoms with Gasteiger partial charge in [-0.1, -0.05) is 24.6 Å². The fraction of sp³-hybridized carbons (Fsp3) is 0.923. The van der Waals surface area contributed by atoms with Crippen LogP contribution in [0.1, 0.15) is 38.5 Å². The minimum Gasteiger partial charge on any atom is -0.361 e. The first-order chi connectivity index (χ1) is 8.36. The Labute approximate surface area is 113 Å². The van der Waals surface area contributed by atoms with Gasteiger partial charge in [-0.2, -0.15) is 11.8 Å². The molecule has 3 unspecified atom stereocenters. The van der Waals surface area contributed by atoms with Gasteiger partial charge in [0.1, 0.15) is 0 Å². The molecule has 0 aromatic heterocycles. The number of rotatable bonds is 3. The molecule has 0 aromatic rings. The van der Waals surface area contributed by atoms with E-state index >= 15 is 0 Å². The Balaban J connectivity index is 1.51. The van der Waals surface area contributed by atoms with E-state index in [1.807, 2.05) is 23.5 Å². The Kier molecular flexibility index (Phi) is 3.90. The first-order valence-electron chi connectivity index (χ1n) is 6.87. The maximum atomic E-state index is 4.70. The zero-order valence-corrected chi connectivity index (χ0v) is 12.2. The van der Waals surface area contributed by atoms with Gasteiger partial charge in [-0.15, -0.1) is 0 Å². The summed E-state index contributed by atoms with van der Waals surface area (Å²) >= 11 is 4.05. The van der Waals surface area contributed by atoms with Crippen molar-refractivity contribution in [3.8, 4) is 0 Å². The maximum Gasteiger partial charge on any atom is 0.157 e. The summed E-state index contributed by atoms with van der Waals surface area (Å²) in [5, 5.41) is 6.56. The predicted molar refractivity (Wildman–Crippen MR) is 79.1 cm³/mol. The summed E-state index contributed by atoms with van der Waals surface area (Å²) in [7, 11) is 0. The molecule has 1 heterocycles. The van der Waals surface area contributed by atoms with Gasteiger partial charge in [-0.25, -0.2) is 0 Å². The molecule has 0 bridgehead atoms. The van der Waals surface area contributed by atoms with Crippen LogP contribution in [-0.2, 0) is 0 Å². The van der Waals surface area contributed by atoms with E-state index in [2.05, 4.69) is 11.6 Å². The molecular formula is C13H22N2S2. The van der Waals surface area contributed by atoms with Crippen LogP contribution in [-0.4, -0.2) is 34.5 Å². The van der Waals surface area contributed by atoms with Gasteiger partial charge in [0.2, 0.25) is 0 Å². The van der Waals surface area contributed by atoms with Gasteiger partial charge in [0.25, 0.3) is 0 Å². The van der Waals surface area contributed by atoms with Crippen molar-refractivity contribution >= 4 is 28.7 Å². The van der Waals surface area contributed by atoms with E-state index < -0.39 is 0 Å². The van der Waals surface area contributed by atoms with Crippen molar-refractivity contribution in [1.82, 2.24) is 5.32 Å². The second kappa shape index (κ2) is 5.43. The molecule has 2 saturated carbocycles. The van der Waals surface area contributed by atoms with Gasteiger partial charge in [-0.05, 0) is 37.9 Å². The van der Waals surface area contributed by atoms with E-state index in [-0.39, 0.29) is 0 Å². The number of nitrogens with one attached hydrogen (secondary N) is 1. The maximum absolute atomic E-state index is 4.70. The molecule has 1 aliphatic heterocycles. The summed E-state index contributed by atoms with van der Waals surface area (Å²) in [4.78, 5) is 4.70. The molecule has 17 heavy (non-hydrogen) atoms. The smallest absolute Gasteiger partial charge is 0.157 e. The summed E-state index contributed by atoms with van der Waals surface area (Å²) in [6.07, 6.45) is 10.6. The van der Waals surface area contributed by atoms with Gasteiger partial charge < -0.3 is 5.32 Å². The largest absolute Gasteiger partial charge is 0.361 e. The van der Waals surface area contributed by atoms with Crippen molar-refractivity contribution in [2.45, 2.75) is 55.1 Å². The molecule has 0 saturated heterocycles. The summed E-state index contributed by atoms with van der Waals surface area (Å²) < 4.78 is 0. The van der Waals surface area contributed by atoms with Crippen LogP contribution in [0.5, 0.6) is 0 Å². The molecule has 4 heteroatoms. The van der Waals surface area contributed by atoms with Crippen LogP contribution in [0.25, 0.3) is 0 Å². The molecule has 3 atom stereocenters. The highest BCUT2D eigenvalue weighted by Gasteiger charge is 2.36. The van der Waals surface area contributed by atoms with Gasteiger partial charge in [0.05, 0.1) is 6.54 Å². The van der Waals surface area contributed by atoms with Crippen LogP contribution in [0.3, 0.4) is 0 Å². The van der Waals surface area contributed by atoms with Crippen molar-refractivity contribution in [3.05, 3.63) is 0 Å². The Hall–Kier alpha value is 0.170. The topological polar surface area (TPSA) is 24.4 Å². The van der Waals surface area contributed by atoms with Crippen LogP contribution < -0.4 is 5.32 Å². The molecule has 2 aliphatic carbocycles. The summed E-state index contributed by atoms with van der Waals surface area (Å²) in [5.74, 6) is 0.978. The van der Waals surface area contributed by atoms with Crippen LogP contribution in [0.2, 0.25) is 0 Å². The molecule has 3 aliphatic rings. The third-order valence-electron chi connectivity index (χ3n) is 4.14. The zero-order chi connectivity index (χ0) is 11.7. The molecule has 2 fully saturated rings. The molecule has 0 spiro atoms. The third kappa shape index (κ3) is 2.95. The lowest BCUT2D eigenvalue weighted by molar-refractivity contribution is 0.427. The summed E-state index contributed by atoms with van der Waals surface area (Å²) in [6.45, 7) is 1.06. The Bertz CT molecular complexity index is 302. The van der Waals surface area contributed by atoms with Crippen molar-refractivity contribution in [2.75, 3.05) is 12.8 Å². The highest BCUT2D eigenvalue weighted by Crippen LogP contribution is 2.41. The van der Waals surface area contributed by atoms with Crippen LogP contribution in [0, 0.1) is 5.92 Å². The fourth-order valence-corrected chi connectivity index (χ4v) is 5.09. The fourth-order valence-electron chi connectivity index (χ4n) is 2.89. The lowest BCUT2D eigenvalue weighted by Crippen LogP contribution is -2.42. The summed E-state index contributed by atoms with van der Waals surface area (Å²) in [6, 6.07) is 0.669. The van der Waals surface area contributed by atoms with Crippen LogP contribution in [0.15, 0.2) is 4.99 Å². The molecule has 2 nitrogen and oxygen atoms in total.